The highest BCUT2D eigenvalue weighted by molar-refractivity contribution is 6.35. The number of amides is 1. The topological polar surface area (TPSA) is 59.0 Å². The van der Waals surface area contributed by atoms with Crippen LogP contribution in [0.5, 0.6) is 0 Å². The van der Waals surface area contributed by atoms with Crippen LogP contribution in [-0.4, -0.2) is 35.3 Å². The third kappa shape index (κ3) is 3.91. The van der Waals surface area contributed by atoms with Crippen molar-refractivity contribution < 1.29 is 4.79 Å². The molecule has 0 aliphatic carbocycles. The van der Waals surface area contributed by atoms with E-state index in [1.807, 2.05) is 0 Å². The first kappa shape index (κ1) is 17.3. The van der Waals surface area contributed by atoms with Crippen LogP contribution < -0.4 is 10.6 Å². The third-order valence-electron chi connectivity index (χ3n) is 4.49. The van der Waals surface area contributed by atoms with Crippen molar-refractivity contribution >= 4 is 29.1 Å². The molecule has 0 atom stereocenters. The summed E-state index contributed by atoms with van der Waals surface area (Å²) < 4.78 is 1.58. The van der Waals surface area contributed by atoms with Gasteiger partial charge in [-0.25, -0.2) is 4.68 Å². The maximum absolute atomic E-state index is 12.4. The Morgan fingerprint density at radius 1 is 1.38 bits per heavy atom. The van der Waals surface area contributed by atoms with E-state index >= 15 is 0 Å². The maximum Gasteiger partial charge on any atom is 0.254 e. The zero-order valence-corrected chi connectivity index (χ0v) is 15.0. The van der Waals surface area contributed by atoms with Crippen molar-refractivity contribution in [2.24, 2.45) is 5.41 Å². The van der Waals surface area contributed by atoms with Crippen LogP contribution in [0.15, 0.2) is 30.6 Å². The first-order valence-corrected chi connectivity index (χ1v) is 8.71. The summed E-state index contributed by atoms with van der Waals surface area (Å²) in [5, 5.41) is 11.6. The lowest BCUT2D eigenvalue weighted by Gasteiger charge is -2.34. The molecular weight excluding hydrogens is 347 g/mol. The predicted octanol–water partition coefficient (Wildman–Crippen LogP) is 3.30. The third-order valence-corrected chi connectivity index (χ3v) is 5.03. The van der Waals surface area contributed by atoms with E-state index in [0.717, 1.165) is 25.9 Å². The molecular formula is C17H20Cl2N4O. The van der Waals surface area contributed by atoms with Crippen LogP contribution in [0.25, 0.3) is 5.69 Å². The highest BCUT2D eigenvalue weighted by Crippen LogP contribution is 2.27. The van der Waals surface area contributed by atoms with Gasteiger partial charge in [0.25, 0.3) is 5.91 Å². The number of benzene rings is 1. The van der Waals surface area contributed by atoms with Crippen LogP contribution in [0, 0.1) is 5.41 Å². The Balaban J connectivity index is 1.67. The average molecular weight is 367 g/mol. The van der Waals surface area contributed by atoms with E-state index in [1.165, 1.54) is 0 Å². The quantitative estimate of drug-likeness (QED) is 0.872. The Morgan fingerprint density at radius 3 is 2.83 bits per heavy atom. The minimum Gasteiger partial charge on any atom is -0.351 e. The van der Waals surface area contributed by atoms with Crippen molar-refractivity contribution in [1.29, 1.82) is 0 Å². The molecule has 0 bridgehead atoms. The Kier molecular flexibility index (Phi) is 5.13. The summed E-state index contributed by atoms with van der Waals surface area (Å²) in [7, 11) is 0. The summed E-state index contributed by atoms with van der Waals surface area (Å²) in [6.07, 6.45) is 5.35. The number of aromatic nitrogens is 2. The SMILES string of the molecule is CC1(CNC(=O)c2cnn(-c3ccc(Cl)cc3Cl)c2)CCNCC1. The Bertz CT molecular complexity index is 738. The van der Waals surface area contributed by atoms with Crippen LogP contribution >= 0.6 is 23.2 Å². The van der Waals surface area contributed by atoms with Crippen molar-refractivity contribution in [3.8, 4) is 5.69 Å². The maximum atomic E-state index is 12.4. The molecule has 3 rings (SSSR count). The van der Waals surface area contributed by atoms with Crippen molar-refractivity contribution in [1.82, 2.24) is 20.4 Å². The fourth-order valence-electron chi connectivity index (χ4n) is 2.84. The monoisotopic (exact) mass is 366 g/mol. The summed E-state index contributed by atoms with van der Waals surface area (Å²) in [4.78, 5) is 12.4. The number of carbonyl (C=O) groups excluding carboxylic acids is 1. The van der Waals surface area contributed by atoms with Crippen molar-refractivity contribution in [3.63, 3.8) is 0 Å². The molecule has 2 aromatic rings. The highest BCUT2D eigenvalue weighted by Gasteiger charge is 2.27. The number of nitrogens with one attached hydrogen (secondary N) is 2. The number of rotatable bonds is 4. The fraction of sp³-hybridized carbons (Fsp3) is 0.412. The largest absolute Gasteiger partial charge is 0.351 e. The van der Waals surface area contributed by atoms with Gasteiger partial charge >= 0.3 is 0 Å². The summed E-state index contributed by atoms with van der Waals surface area (Å²) in [5.74, 6) is -0.119. The molecule has 1 aromatic heterocycles. The van der Waals surface area contributed by atoms with Gasteiger partial charge in [0.2, 0.25) is 0 Å². The normalized spacial score (nSPS) is 16.8. The molecule has 1 saturated heterocycles. The summed E-state index contributed by atoms with van der Waals surface area (Å²) in [6, 6.07) is 5.16. The molecule has 0 radical (unpaired) electrons. The average Bonchev–Trinajstić information content (AvgIpc) is 3.03. The number of halogens is 2. The van der Waals surface area contributed by atoms with Gasteiger partial charge in [0.05, 0.1) is 22.5 Å². The van der Waals surface area contributed by atoms with Gasteiger partial charge in [-0.2, -0.15) is 5.10 Å². The standard InChI is InChI=1S/C17H20Cl2N4O/c1-17(4-6-20-7-5-17)11-21-16(24)12-9-22-23(10-12)15-3-2-13(18)8-14(15)19/h2-3,8-10,20H,4-7,11H2,1H3,(H,21,24). The molecule has 7 heteroatoms. The zero-order chi connectivity index (χ0) is 17.2. The molecule has 128 valence electrons. The smallest absolute Gasteiger partial charge is 0.254 e. The van der Waals surface area contributed by atoms with Crippen LogP contribution in [0.2, 0.25) is 10.0 Å². The summed E-state index contributed by atoms with van der Waals surface area (Å²) in [5.41, 5.74) is 1.35. The lowest BCUT2D eigenvalue weighted by Crippen LogP contribution is -2.42. The fourth-order valence-corrected chi connectivity index (χ4v) is 3.34. The van der Waals surface area contributed by atoms with E-state index in [2.05, 4.69) is 22.7 Å². The van der Waals surface area contributed by atoms with Crippen LogP contribution in [0.4, 0.5) is 0 Å². The lowest BCUT2D eigenvalue weighted by molar-refractivity contribution is 0.0922. The molecule has 1 aromatic carbocycles. The molecule has 2 heterocycles. The molecule has 24 heavy (non-hydrogen) atoms. The minimum atomic E-state index is -0.119. The van der Waals surface area contributed by atoms with Crippen LogP contribution in [0.1, 0.15) is 30.1 Å². The number of carbonyl (C=O) groups is 1. The second-order valence-corrected chi connectivity index (χ2v) is 7.36. The Labute approximate surface area is 151 Å². The highest BCUT2D eigenvalue weighted by atomic mass is 35.5. The number of hydrogen-bond donors (Lipinski definition) is 2. The predicted molar refractivity (Wildman–Crippen MR) is 96.1 cm³/mol. The van der Waals surface area contributed by atoms with Gasteiger partial charge in [-0.3, -0.25) is 4.79 Å². The summed E-state index contributed by atoms with van der Waals surface area (Å²) >= 11 is 12.1. The van der Waals surface area contributed by atoms with Crippen LogP contribution in [0.3, 0.4) is 0 Å². The zero-order valence-electron chi connectivity index (χ0n) is 13.5. The van der Waals surface area contributed by atoms with Gasteiger partial charge in [0.15, 0.2) is 0 Å². The minimum absolute atomic E-state index is 0.119. The van der Waals surface area contributed by atoms with Gasteiger partial charge < -0.3 is 10.6 Å². The Hall–Kier alpha value is -1.56. The first-order chi connectivity index (χ1) is 11.5. The number of nitrogens with zero attached hydrogens (tertiary/aromatic N) is 2. The van der Waals surface area contributed by atoms with Gasteiger partial charge in [-0.05, 0) is 49.5 Å². The van der Waals surface area contributed by atoms with Crippen molar-refractivity contribution in [3.05, 3.63) is 46.2 Å². The van der Waals surface area contributed by atoms with Crippen molar-refractivity contribution in [2.75, 3.05) is 19.6 Å². The molecule has 1 aliphatic rings. The van der Waals surface area contributed by atoms with E-state index in [1.54, 1.807) is 35.3 Å². The molecule has 1 amide bonds. The molecule has 0 saturated carbocycles. The van der Waals surface area contributed by atoms with E-state index < -0.39 is 0 Å². The molecule has 2 N–H and O–H groups in total. The second-order valence-electron chi connectivity index (χ2n) is 6.51. The summed E-state index contributed by atoms with van der Waals surface area (Å²) in [6.45, 7) is 4.88. The van der Waals surface area contributed by atoms with E-state index in [-0.39, 0.29) is 11.3 Å². The molecule has 0 unspecified atom stereocenters. The first-order valence-electron chi connectivity index (χ1n) is 7.96. The van der Waals surface area contributed by atoms with Gasteiger partial charge in [-0.15, -0.1) is 0 Å². The van der Waals surface area contributed by atoms with Gasteiger partial charge in [0, 0.05) is 17.8 Å². The molecule has 0 spiro atoms. The van der Waals surface area contributed by atoms with Crippen molar-refractivity contribution in [2.45, 2.75) is 19.8 Å². The lowest BCUT2D eigenvalue weighted by atomic mass is 9.81. The molecule has 1 fully saturated rings. The number of hydrogen-bond acceptors (Lipinski definition) is 3. The molecule has 1 aliphatic heterocycles. The van der Waals surface area contributed by atoms with Gasteiger partial charge in [0.1, 0.15) is 0 Å². The molecule has 5 nitrogen and oxygen atoms in total. The van der Waals surface area contributed by atoms with E-state index in [4.69, 9.17) is 23.2 Å². The second kappa shape index (κ2) is 7.13. The van der Waals surface area contributed by atoms with Gasteiger partial charge in [-0.1, -0.05) is 30.1 Å². The number of piperidine rings is 1. The van der Waals surface area contributed by atoms with E-state index in [9.17, 15) is 4.79 Å². The van der Waals surface area contributed by atoms with Crippen LogP contribution in [-0.2, 0) is 0 Å². The Morgan fingerprint density at radius 2 is 2.12 bits per heavy atom. The van der Waals surface area contributed by atoms with E-state index in [0.29, 0.717) is 27.8 Å².